The van der Waals surface area contributed by atoms with Crippen molar-refractivity contribution >= 4 is 6.09 Å². The molecule has 1 heterocycles. The van der Waals surface area contributed by atoms with Gasteiger partial charge in [-0.2, -0.15) is 17.6 Å². The third kappa shape index (κ3) is 3.23. The van der Waals surface area contributed by atoms with Crippen molar-refractivity contribution in [1.29, 1.82) is 0 Å². The molecule has 7 heteroatoms. The molecule has 100 valence electrons. The van der Waals surface area contributed by atoms with Crippen molar-refractivity contribution in [3.8, 4) is 0 Å². The van der Waals surface area contributed by atoms with Crippen LogP contribution in [0.4, 0.5) is 22.4 Å². The first-order valence-electron chi connectivity index (χ1n) is 5.18. The van der Waals surface area contributed by atoms with E-state index < -0.39 is 43.0 Å². The standard InChI is InChI=1S/C10H15F4NO2/c1-8(2,3)17-7(16)15-5-4-9(11,12)10(13,14)6-15/h4-6H2,1-3H3. The van der Waals surface area contributed by atoms with Gasteiger partial charge in [0.2, 0.25) is 0 Å². The van der Waals surface area contributed by atoms with Gasteiger partial charge < -0.3 is 9.64 Å². The van der Waals surface area contributed by atoms with E-state index >= 15 is 0 Å². The van der Waals surface area contributed by atoms with Gasteiger partial charge in [-0.05, 0) is 20.8 Å². The summed E-state index contributed by atoms with van der Waals surface area (Å²) >= 11 is 0. The maximum Gasteiger partial charge on any atom is 0.410 e. The van der Waals surface area contributed by atoms with E-state index in [9.17, 15) is 22.4 Å². The predicted octanol–water partition coefficient (Wildman–Crippen LogP) is 2.90. The molecule has 0 aliphatic carbocycles. The smallest absolute Gasteiger partial charge is 0.410 e. The van der Waals surface area contributed by atoms with Gasteiger partial charge in [0.15, 0.2) is 0 Å². The molecule has 0 unspecified atom stereocenters. The SMILES string of the molecule is CC(C)(C)OC(=O)N1CCC(F)(F)C(F)(F)C1. The topological polar surface area (TPSA) is 29.5 Å². The second-order valence-electron chi connectivity index (χ2n) is 5.06. The first kappa shape index (κ1) is 14.1. The second kappa shape index (κ2) is 4.03. The lowest BCUT2D eigenvalue weighted by molar-refractivity contribution is -0.236. The molecule has 3 nitrogen and oxygen atoms in total. The van der Waals surface area contributed by atoms with Crippen LogP contribution in [0.25, 0.3) is 0 Å². The number of likely N-dealkylation sites (tertiary alicyclic amines) is 1. The van der Waals surface area contributed by atoms with Crippen LogP contribution in [0.2, 0.25) is 0 Å². The molecule has 0 saturated carbocycles. The van der Waals surface area contributed by atoms with Gasteiger partial charge >= 0.3 is 17.9 Å². The highest BCUT2D eigenvalue weighted by molar-refractivity contribution is 5.68. The number of hydrogen-bond acceptors (Lipinski definition) is 2. The fourth-order valence-electron chi connectivity index (χ4n) is 1.37. The average molecular weight is 257 g/mol. The lowest BCUT2D eigenvalue weighted by Gasteiger charge is -2.38. The Morgan fingerprint density at radius 2 is 1.71 bits per heavy atom. The summed E-state index contributed by atoms with van der Waals surface area (Å²) in [7, 11) is 0. The van der Waals surface area contributed by atoms with Gasteiger partial charge in [-0.15, -0.1) is 0 Å². The van der Waals surface area contributed by atoms with Crippen molar-refractivity contribution in [2.24, 2.45) is 0 Å². The normalized spacial score (nSPS) is 23.4. The van der Waals surface area contributed by atoms with Crippen molar-refractivity contribution in [2.45, 2.75) is 44.6 Å². The number of piperidine rings is 1. The fraction of sp³-hybridized carbons (Fsp3) is 0.900. The zero-order chi connectivity index (χ0) is 13.5. The van der Waals surface area contributed by atoms with E-state index in [1.165, 1.54) is 0 Å². The Hall–Kier alpha value is -1.01. The summed E-state index contributed by atoms with van der Waals surface area (Å²) in [6, 6.07) is 0. The maximum atomic E-state index is 13.0. The van der Waals surface area contributed by atoms with E-state index in [-0.39, 0.29) is 0 Å². The highest BCUT2D eigenvalue weighted by Crippen LogP contribution is 2.41. The third-order valence-corrected chi connectivity index (χ3v) is 2.27. The van der Waals surface area contributed by atoms with Crippen molar-refractivity contribution < 1.29 is 27.1 Å². The summed E-state index contributed by atoms with van der Waals surface area (Å²) in [6.07, 6.45) is -2.05. The van der Waals surface area contributed by atoms with Crippen LogP contribution in [-0.4, -0.2) is 41.5 Å². The molecule has 0 aromatic carbocycles. The Kier molecular flexibility index (Phi) is 3.33. The maximum absolute atomic E-state index is 13.0. The molecule has 1 amide bonds. The molecule has 1 saturated heterocycles. The van der Waals surface area contributed by atoms with Gasteiger partial charge in [0, 0.05) is 13.0 Å². The van der Waals surface area contributed by atoms with Crippen molar-refractivity contribution in [3.63, 3.8) is 0 Å². The summed E-state index contributed by atoms with van der Waals surface area (Å²) in [6.45, 7) is 2.97. The summed E-state index contributed by atoms with van der Waals surface area (Å²) in [4.78, 5) is 12.1. The molecule has 0 atom stereocenters. The van der Waals surface area contributed by atoms with Gasteiger partial charge in [0.05, 0.1) is 6.54 Å². The first-order chi connectivity index (χ1) is 7.45. The minimum atomic E-state index is -4.21. The second-order valence-corrected chi connectivity index (χ2v) is 5.06. The van der Waals surface area contributed by atoms with Gasteiger partial charge in [0.1, 0.15) is 5.60 Å². The van der Waals surface area contributed by atoms with E-state index in [0.29, 0.717) is 4.90 Å². The van der Waals surface area contributed by atoms with Crippen LogP contribution < -0.4 is 0 Å². The van der Waals surface area contributed by atoms with Crippen molar-refractivity contribution in [2.75, 3.05) is 13.1 Å². The Morgan fingerprint density at radius 3 is 2.12 bits per heavy atom. The molecule has 1 aliphatic heterocycles. The molecular weight excluding hydrogens is 242 g/mol. The summed E-state index contributed by atoms with van der Waals surface area (Å²) in [5.74, 6) is -8.27. The number of hydrogen-bond donors (Lipinski definition) is 0. The van der Waals surface area contributed by atoms with Crippen molar-refractivity contribution in [1.82, 2.24) is 4.90 Å². The zero-order valence-electron chi connectivity index (χ0n) is 9.90. The number of halogens is 4. The van der Waals surface area contributed by atoms with Crippen LogP contribution in [0.5, 0.6) is 0 Å². The lowest BCUT2D eigenvalue weighted by atomic mass is 10.0. The highest BCUT2D eigenvalue weighted by atomic mass is 19.3. The molecule has 1 fully saturated rings. The molecule has 0 bridgehead atoms. The number of nitrogens with zero attached hydrogens (tertiary/aromatic N) is 1. The van der Waals surface area contributed by atoms with Gasteiger partial charge in [-0.3, -0.25) is 0 Å². The number of rotatable bonds is 0. The van der Waals surface area contributed by atoms with E-state index in [1.807, 2.05) is 0 Å². The number of alkyl halides is 4. The van der Waals surface area contributed by atoms with E-state index in [1.54, 1.807) is 20.8 Å². The van der Waals surface area contributed by atoms with E-state index in [4.69, 9.17) is 4.74 Å². The van der Waals surface area contributed by atoms with Crippen LogP contribution in [0, 0.1) is 0 Å². The Morgan fingerprint density at radius 1 is 1.18 bits per heavy atom. The Bertz CT molecular complexity index is 312. The molecular formula is C10H15F4NO2. The Balaban J connectivity index is 2.69. The predicted molar refractivity (Wildman–Crippen MR) is 52.3 cm³/mol. The minimum absolute atomic E-state index is 0.433. The first-order valence-corrected chi connectivity index (χ1v) is 5.18. The van der Waals surface area contributed by atoms with Gasteiger partial charge in [0.25, 0.3) is 0 Å². The summed E-state index contributed by atoms with van der Waals surface area (Å²) in [5.41, 5.74) is -0.841. The number of carbonyl (C=O) groups excluding carboxylic acids is 1. The summed E-state index contributed by atoms with van der Waals surface area (Å²) < 4.78 is 56.6. The minimum Gasteiger partial charge on any atom is -0.444 e. The Labute approximate surface area is 96.7 Å². The monoisotopic (exact) mass is 257 g/mol. The molecule has 1 aliphatic rings. The molecule has 1 rings (SSSR count). The molecule has 0 radical (unpaired) electrons. The zero-order valence-corrected chi connectivity index (χ0v) is 9.90. The molecule has 17 heavy (non-hydrogen) atoms. The van der Waals surface area contributed by atoms with Gasteiger partial charge in [-0.25, -0.2) is 4.79 Å². The van der Waals surface area contributed by atoms with E-state index in [0.717, 1.165) is 0 Å². The fourth-order valence-corrected chi connectivity index (χ4v) is 1.37. The molecule has 0 aromatic heterocycles. The van der Waals surface area contributed by atoms with E-state index in [2.05, 4.69) is 0 Å². The average Bonchev–Trinajstić information content (AvgIpc) is 2.06. The van der Waals surface area contributed by atoms with Crippen LogP contribution in [0.1, 0.15) is 27.2 Å². The molecule has 0 aromatic rings. The van der Waals surface area contributed by atoms with Crippen LogP contribution in [-0.2, 0) is 4.74 Å². The summed E-state index contributed by atoms with van der Waals surface area (Å²) in [5, 5.41) is 0. The largest absolute Gasteiger partial charge is 0.444 e. The third-order valence-electron chi connectivity index (χ3n) is 2.27. The number of ether oxygens (including phenoxy) is 1. The van der Waals surface area contributed by atoms with Crippen LogP contribution in [0.15, 0.2) is 0 Å². The quantitative estimate of drug-likeness (QED) is 0.624. The number of carbonyl (C=O) groups is 1. The van der Waals surface area contributed by atoms with Crippen LogP contribution in [0.3, 0.4) is 0 Å². The lowest BCUT2D eigenvalue weighted by Crippen LogP contribution is -2.57. The molecule has 0 spiro atoms. The van der Waals surface area contributed by atoms with Crippen molar-refractivity contribution in [3.05, 3.63) is 0 Å². The molecule has 0 N–H and O–H groups in total. The highest BCUT2D eigenvalue weighted by Gasteiger charge is 2.60. The van der Waals surface area contributed by atoms with Crippen LogP contribution >= 0.6 is 0 Å². The number of amides is 1. The van der Waals surface area contributed by atoms with Gasteiger partial charge in [-0.1, -0.05) is 0 Å².